The topological polar surface area (TPSA) is 69.6 Å². The second-order valence-electron chi connectivity index (χ2n) is 6.51. The molecule has 0 aliphatic carbocycles. The summed E-state index contributed by atoms with van der Waals surface area (Å²) in [5.41, 5.74) is 0.911. The van der Waals surface area contributed by atoms with Gasteiger partial charge in [-0.15, -0.1) is 0 Å². The lowest BCUT2D eigenvalue weighted by atomic mass is 10.1. The van der Waals surface area contributed by atoms with E-state index < -0.39 is 12.0 Å². The summed E-state index contributed by atoms with van der Waals surface area (Å²) in [6, 6.07) is 8.52. The van der Waals surface area contributed by atoms with Gasteiger partial charge in [-0.2, -0.15) is 0 Å². The number of carboxylic acid groups (broad SMARTS) is 1. The molecular formula is C19H28N2O3. The van der Waals surface area contributed by atoms with E-state index in [0.717, 1.165) is 18.7 Å². The van der Waals surface area contributed by atoms with Crippen molar-refractivity contribution in [3.8, 4) is 0 Å². The summed E-state index contributed by atoms with van der Waals surface area (Å²) in [4.78, 5) is 25.9. The lowest BCUT2D eigenvalue weighted by molar-refractivity contribution is -0.141. The van der Waals surface area contributed by atoms with Crippen LogP contribution in [0.15, 0.2) is 30.3 Å². The molecule has 0 radical (unpaired) electrons. The Morgan fingerprint density at radius 1 is 1.04 bits per heavy atom. The number of aliphatic carboxylic acids is 1. The number of rotatable bonds is 7. The van der Waals surface area contributed by atoms with Crippen LogP contribution in [0.25, 0.3) is 0 Å². The van der Waals surface area contributed by atoms with Crippen molar-refractivity contribution in [1.82, 2.24) is 10.2 Å². The van der Waals surface area contributed by atoms with Crippen molar-refractivity contribution >= 4 is 11.9 Å². The fourth-order valence-corrected chi connectivity index (χ4v) is 3.11. The highest BCUT2D eigenvalue weighted by Crippen LogP contribution is 2.10. The van der Waals surface area contributed by atoms with E-state index in [0.29, 0.717) is 19.4 Å². The third-order valence-corrected chi connectivity index (χ3v) is 4.52. The first-order valence-corrected chi connectivity index (χ1v) is 8.93. The van der Waals surface area contributed by atoms with Crippen molar-refractivity contribution in [2.45, 2.75) is 51.0 Å². The Morgan fingerprint density at radius 3 is 2.29 bits per heavy atom. The van der Waals surface area contributed by atoms with Gasteiger partial charge in [0.05, 0.1) is 0 Å². The van der Waals surface area contributed by atoms with Crippen LogP contribution in [-0.2, 0) is 16.0 Å². The van der Waals surface area contributed by atoms with E-state index in [2.05, 4.69) is 10.2 Å². The summed E-state index contributed by atoms with van der Waals surface area (Å²) in [5, 5.41) is 12.0. The molecule has 24 heavy (non-hydrogen) atoms. The van der Waals surface area contributed by atoms with Crippen molar-refractivity contribution in [1.29, 1.82) is 0 Å². The lowest BCUT2D eigenvalue weighted by Gasteiger charge is -2.24. The number of hydrogen-bond donors (Lipinski definition) is 2. The zero-order valence-electron chi connectivity index (χ0n) is 14.2. The minimum atomic E-state index is -0.988. The van der Waals surface area contributed by atoms with Crippen molar-refractivity contribution in [3.63, 3.8) is 0 Å². The largest absolute Gasteiger partial charge is 0.480 e. The predicted octanol–water partition coefficient (Wildman–Crippen LogP) is 2.45. The molecule has 0 spiro atoms. The molecule has 1 aliphatic rings. The zero-order chi connectivity index (χ0) is 17.2. The van der Waals surface area contributed by atoms with Crippen LogP contribution in [-0.4, -0.2) is 47.6 Å². The minimum Gasteiger partial charge on any atom is -0.480 e. The highest BCUT2D eigenvalue weighted by molar-refractivity contribution is 5.83. The molecule has 1 aliphatic heterocycles. The third kappa shape index (κ3) is 6.71. The molecule has 1 heterocycles. The Bertz CT molecular complexity index is 511. The monoisotopic (exact) mass is 332 g/mol. The SMILES string of the molecule is O=C(CCN1CCCCCCC1)N[C@@H](Cc1ccccc1)C(=O)O. The van der Waals surface area contributed by atoms with Crippen LogP contribution in [0.4, 0.5) is 0 Å². The van der Waals surface area contributed by atoms with E-state index in [-0.39, 0.29) is 5.91 Å². The van der Waals surface area contributed by atoms with E-state index in [4.69, 9.17) is 0 Å². The molecule has 1 atom stereocenters. The fraction of sp³-hybridized carbons (Fsp3) is 0.579. The Kier molecular flexibility index (Phi) is 7.75. The van der Waals surface area contributed by atoms with Crippen LogP contribution in [0.3, 0.4) is 0 Å². The smallest absolute Gasteiger partial charge is 0.326 e. The van der Waals surface area contributed by atoms with Crippen LogP contribution in [0.5, 0.6) is 0 Å². The standard InChI is InChI=1S/C19H28N2O3/c22-18(11-14-21-12-7-2-1-3-8-13-21)20-17(19(23)24)15-16-9-5-4-6-10-16/h4-6,9-10,17H,1-3,7-8,11-15H2,(H,20,22)(H,23,24)/t17-/m0/s1. The molecule has 0 saturated carbocycles. The van der Waals surface area contributed by atoms with E-state index >= 15 is 0 Å². The average Bonchev–Trinajstić information content (AvgIpc) is 2.54. The summed E-state index contributed by atoms with van der Waals surface area (Å²) in [5.74, 6) is -1.17. The van der Waals surface area contributed by atoms with Gasteiger partial charge in [0.25, 0.3) is 0 Å². The molecule has 5 nitrogen and oxygen atoms in total. The summed E-state index contributed by atoms with van der Waals surface area (Å²) in [6.07, 6.45) is 6.89. The highest BCUT2D eigenvalue weighted by atomic mass is 16.4. The van der Waals surface area contributed by atoms with Gasteiger partial charge >= 0.3 is 5.97 Å². The molecule has 2 N–H and O–H groups in total. The number of likely N-dealkylation sites (tertiary alicyclic amines) is 1. The molecule has 0 unspecified atom stereocenters. The molecule has 1 amide bonds. The molecule has 0 aromatic heterocycles. The molecule has 1 fully saturated rings. The van der Waals surface area contributed by atoms with E-state index in [1.54, 1.807) is 0 Å². The number of carboxylic acids is 1. The van der Waals surface area contributed by atoms with Gasteiger partial charge < -0.3 is 15.3 Å². The fourth-order valence-electron chi connectivity index (χ4n) is 3.11. The average molecular weight is 332 g/mol. The molecule has 5 heteroatoms. The summed E-state index contributed by atoms with van der Waals surface area (Å²) in [7, 11) is 0. The molecule has 2 rings (SSSR count). The number of hydrogen-bond acceptors (Lipinski definition) is 3. The molecule has 1 aromatic carbocycles. The Morgan fingerprint density at radius 2 is 1.67 bits per heavy atom. The van der Waals surface area contributed by atoms with Gasteiger partial charge in [0.1, 0.15) is 6.04 Å². The number of amides is 1. The van der Waals surface area contributed by atoms with Crippen LogP contribution < -0.4 is 5.32 Å². The number of carbonyl (C=O) groups is 2. The Hall–Kier alpha value is -1.88. The van der Waals surface area contributed by atoms with Crippen molar-refractivity contribution < 1.29 is 14.7 Å². The van der Waals surface area contributed by atoms with Crippen LogP contribution in [0.1, 0.15) is 44.1 Å². The van der Waals surface area contributed by atoms with Gasteiger partial charge in [0.15, 0.2) is 0 Å². The van der Waals surface area contributed by atoms with Gasteiger partial charge in [-0.3, -0.25) is 4.79 Å². The van der Waals surface area contributed by atoms with Crippen molar-refractivity contribution in [3.05, 3.63) is 35.9 Å². The van der Waals surface area contributed by atoms with Gasteiger partial charge in [0.2, 0.25) is 5.91 Å². The first kappa shape index (κ1) is 18.5. The summed E-state index contributed by atoms with van der Waals surface area (Å²) < 4.78 is 0. The molecule has 1 aromatic rings. The second kappa shape index (κ2) is 10.1. The van der Waals surface area contributed by atoms with Crippen LogP contribution in [0, 0.1) is 0 Å². The lowest BCUT2D eigenvalue weighted by Crippen LogP contribution is -2.43. The first-order valence-electron chi connectivity index (χ1n) is 8.93. The molecule has 0 bridgehead atoms. The van der Waals surface area contributed by atoms with Crippen LogP contribution in [0.2, 0.25) is 0 Å². The van der Waals surface area contributed by atoms with Crippen molar-refractivity contribution in [2.75, 3.05) is 19.6 Å². The predicted molar refractivity (Wildman–Crippen MR) is 93.9 cm³/mol. The normalized spacial score (nSPS) is 17.5. The van der Waals surface area contributed by atoms with E-state index in [1.807, 2.05) is 30.3 Å². The quantitative estimate of drug-likeness (QED) is 0.805. The molecular weight excluding hydrogens is 304 g/mol. The maximum Gasteiger partial charge on any atom is 0.326 e. The van der Waals surface area contributed by atoms with Gasteiger partial charge in [-0.1, -0.05) is 49.6 Å². The van der Waals surface area contributed by atoms with Gasteiger partial charge in [0, 0.05) is 19.4 Å². The summed E-state index contributed by atoms with van der Waals surface area (Å²) in [6.45, 7) is 2.79. The maximum absolute atomic E-state index is 12.1. The second-order valence-corrected chi connectivity index (χ2v) is 6.51. The number of nitrogens with one attached hydrogen (secondary N) is 1. The third-order valence-electron chi connectivity index (χ3n) is 4.52. The highest BCUT2D eigenvalue weighted by Gasteiger charge is 2.20. The summed E-state index contributed by atoms with van der Waals surface area (Å²) >= 11 is 0. The maximum atomic E-state index is 12.1. The Labute approximate surface area is 144 Å². The van der Waals surface area contributed by atoms with Gasteiger partial charge in [-0.05, 0) is 31.5 Å². The van der Waals surface area contributed by atoms with Crippen LogP contribution >= 0.6 is 0 Å². The number of carbonyl (C=O) groups excluding carboxylic acids is 1. The van der Waals surface area contributed by atoms with E-state index in [1.165, 1.54) is 32.1 Å². The van der Waals surface area contributed by atoms with Crippen molar-refractivity contribution in [2.24, 2.45) is 0 Å². The first-order chi connectivity index (χ1) is 11.6. The van der Waals surface area contributed by atoms with Gasteiger partial charge in [-0.25, -0.2) is 4.79 Å². The number of nitrogens with zero attached hydrogens (tertiary/aromatic N) is 1. The molecule has 132 valence electrons. The van der Waals surface area contributed by atoms with E-state index in [9.17, 15) is 14.7 Å². The number of benzene rings is 1. The zero-order valence-corrected chi connectivity index (χ0v) is 14.2. The Balaban J connectivity index is 1.78. The molecule has 1 saturated heterocycles. The minimum absolute atomic E-state index is 0.180.